The monoisotopic (exact) mass is 363 g/mol. The first kappa shape index (κ1) is 18.8. The van der Waals surface area contributed by atoms with Gasteiger partial charge in [0.15, 0.2) is 0 Å². The lowest BCUT2D eigenvalue weighted by atomic mass is 10.2. The molecule has 134 valence electrons. The van der Waals surface area contributed by atoms with Crippen LogP contribution in [-0.4, -0.2) is 25.6 Å². The van der Waals surface area contributed by atoms with Gasteiger partial charge in [0.05, 0.1) is 12.3 Å². The maximum Gasteiger partial charge on any atom is 0.328 e. The standard InChI is InChI=1S/C17H21N3O4S/c1-12(2)18-17(22)20-25(23,24)16-9-4-3-8-15(16)19-14-7-5-6-13(10-14)11-21/h3-10,12,19,21H,11H2,1-2H3,(H2,18,20,22). The fourth-order valence-electron chi connectivity index (χ4n) is 2.18. The summed E-state index contributed by atoms with van der Waals surface area (Å²) in [6, 6.07) is 12.3. The van der Waals surface area contributed by atoms with Gasteiger partial charge in [0.25, 0.3) is 10.0 Å². The van der Waals surface area contributed by atoms with Crippen molar-refractivity contribution < 1.29 is 18.3 Å². The number of rotatable bonds is 6. The Bertz CT molecular complexity index is 850. The first-order valence-corrected chi connectivity index (χ1v) is 9.19. The molecule has 2 aromatic carbocycles. The highest BCUT2D eigenvalue weighted by molar-refractivity contribution is 7.90. The number of sulfonamides is 1. The van der Waals surface area contributed by atoms with Crippen LogP contribution >= 0.6 is 0 Å². The number of urea groups is 1. The van der Waals surface area contributed by atoms with Gasteiger partial charge in [-0.25, -0.2) is 17.9 Å². The van der Waals surface area contributed by atoms with Gasteiger partial charge >= 0.3 is 6.03 Å². The average Bonchev–Trinajstić information content (AvgIpc) is 2.54. The van der Waals surface area contributed by atoms with Crippen molar-refractivity contribution in [2.45, 2.75) is 31.4 Å². The molecule has 7 nitrogen and oxygen atoms in total. The minimum atomic E-state index is -4.05. The highest BCUT2D eigenvalue weighted by Crippen LogP contribution is 2.25. The third-order valence-electron chi connectivity index (χ3n) is 3.21. The van der Waals surface area contributed by atoms with E-state index in [-0.39, 0.29) is 17.5 Å². The number of hydrogen-bond donors (Lipinski definition) is 4. The highest BCUT2D eigenvalue weighted by atomic mass is 32.2. The smallest absolute Gasteiger partial charge is 0.328 e. The van der Waals surface area contributed by atoms with Crippen molar-refractivity contribution in [1.29, 1.82) is 0 Å². The molecule has 2 rings (SSSR count). The van der Waals surface area contributed by atoms with E-state index in [0.717, 1.165) is 0 Å². The largest absolute Gasteiger partial charge is 0.392 e. The SMILES string of the molecule is CC(C)NC(=O)NS(=O)(=O)c1ccccc1Nc1cccc(CO)c1. The number of carbonyl (C=O) groups is 1. The van der Waals surface area contributed by atoms with Gasteiger partial charge < -0.3 is 15.7 Å². The van der Waals surface area contributed by atoms with Crippen LogP contribution in [0.25, 0.3) is 0 Å². The quantitative estimate of drug-likeness (QED) is 0.630. The van der Waals surface area contributed by atoms with Gasteiger partial charge in [0.2, 0.25) is 0 Å². The van der Waals surface area contributed by atoms with Crippen molar-refractivity contribution in [3.05, 3.63) is 54.1 Å². The number of amides is 2. The Balaban J connectivity index is 2.29. The zero-order valence-electron chi connectivity index (χ0n) is 14.0. The van der Waals surface area contributed by atoms with Crippen molar-refractivity contribution in [1.82, 2.24) is 10.0 Å². The van der Waals surface area contributed by atoms with Gasteiger partial charge in [-0.1, -0.05) is 24.3 Å². The van der Waals surface area contributed by atoms with E-state index in [1.807, 2.05) is 4.72 Å². The molecule has 0 atom stereocenters. The number of anilines is 2. The Morgan fingerprint density at radius 2 is 1.84 bits per heavy atom. The Morgan fingerprint density at radius 3 is 2.52 bits per heavy atom. The maximum absolute atomic E-state index is 12.5. The molecule has 0 heterocycles. The molecule has 2 amide bonds. The normalized spacial score (nSPS) is 11.2. The summed E-state index contributed by atoms with van der Waals surface area (Å²) >= 11 is 0. The number of aliphatic hydroxyl groups is 1. The average molecular weight is 363 g/mol. The number of hydrogen-bond acceptors (Lipinski definition) is 5. The van der Waals surface area contributed by atoms with Gasteiger partial charge in [-0.2, -0.15) is 0 Å². The van der Waals surface area contributed by atoms with Gasteiger partial charge in [0.1, 0.15) is 4.90 Å². The van der Waals surface area contributed by atoms with Crippen LogP contribution in [0.1, 0.15) is 19.4 Å². The summed E-state index contributed by atoms with van der Waals surface area (Å²) in [5.74, 6) is 0. The molecule has 25 heavy (non-hydrogen) atoms. The molecule has 0 unspecified atom stereocenters. The number of aliphatic hydroxyl groups excluding tert-OH is 1. The van der Waals surface area contributed by atoms with Crippen molar-refractivity contribution in [3.63, 3.8) is 0 Å². The summed E-state index contributed by atoms with van der Waals surface area (Å²) in [7, 11) is -4.05. The molecule has 0 aliphatic rings. The zero-order chi connectivity index (χ0) is 18.4. The molecule has 0 spiro atoms. The van der Waals surface area contributed by atoms with Crippen LogP contribution in [-0.2, 0) is 16.6 Å². The lowest BCUT2D eigenvalue weighted by Gasteiger charge is -2.15. The molecule has 2 aromatic rings. The predicted molar refractivity (Wildman–Crippen MR) is 96.1 cm³/mol. The van der Waals surface area contributed by atoms with E-state index < -0.39 is 16.1 Å². The molecular weight excluding hydrogens is 342 g/mol. The molecule has 0 aliphatic heterocycles. The summed E-state index contributed by atoms with van der Waals surface area (Å²) in [5, 5.41) is 14.7. The van der Waals surface area contributed by atoms with E-state index in [4.69, 9.17) is 0 Å². The van der Waals surface area contributed by atoms with Crippen LogP contribution in [0.3, 0.4) is 0 Å². The molecular formula is C17H21N3O4S. The second kappa shape index (κ2) is 8.00. The molecule has 0 saturated heterocycles. The summed E-state index contributed by atoms with van der Waals surface area (Å²) in [6.07, 6.45) is 0. The molecule has 0 bridgehead atoms. The zero-order valence-corrected chi connectivity index (χ0v) is 14.8. The Kier molecular flexibility index (Phi) is 6.00. The molecule has 0 saturated carbocycles. The first-order chi connectivity index (χ1) is 11.8. The Morgan fingerprint density at radius 1 is 1.12 bits per heavy atom. The second-order valence-electron chi connectivity index (χ2n) is 5.71. The summed E-state index contributed by atoms with van der Waals surface area (Å²) in [4.78, 5) is 11.7. The topological polar surface area (TPSA) is 108 Å². The van der Waals surface area contributed by atoms with Gasteiger partial charge in [-0.15, -0.1) is 0 Å². The van der Waals surface area contributed by atoms with Crippen LogP contribution in [0, 0.1) is 0 Å². The fourth-order valence-corrected chi connectivity index (χ4v) is 3.26. The number of para-hydroxylation sites is 1. The van der Waals surface area contributed by atoms with Gasteiger partial charge in [-0.05, 0) is 43.7 Å². The van der Waals surface area contributed by atoms with Gasteiger partial charge in [0, 0.05) is 11.7 Å². The van der Waals surface area contributed by atoms with E-state index >= 15 is 0 Å². The number of benzene rings is 2. The van der Waals surface area contributed by atoms with Gasteiger partial charge in [-0.3, -0.25) is 0 Å². The van der Waals surface area contributed by atoms with E-state index in [0.29, 0.717) is 16.9 Å². The maximum atomic E-state index is 12.5. The highest BCUT2D eigenvalue weighted by Gasteiger charge is 2.21. The van der Waals surface area contributed by atoms with Crippen LogP contribution in [0.5, 0.6) is 0 Å². The summed E-state index contributed by atoms with van der Waals surface area (Å²) < 4.78 is 27.0. The van der Waals surface area contributed by atoms with Crippen LogP contribution in [0.4, 0.5) is 16.2 Å². The van der Waals surface area contributed by atoms with E-state index in [2.05, 4.69) is 10.6 Å². The van der Waals surface area contributed by atoms with Crippen molar-refractivity contribution in [3.8, 4) is 0 Å². The third kappa shape index (κ3) is 5.20. The predicted octanol–water partition coefficient (Wildman–Crippen LogP) is 2.32. The van der Waals surface area contributed by atoms with Crippen molar-refractivity contribution >= 4 is 27.4 Å². The van der Waals surface area contributed by atoms with Crippen molar-refractivity contribution in [2.24, 2.45) is 0 Å². The lowest BCUT2D eigenvalue weighted by molar-refractivity contribution is 0.243. The molecule has 0 fully saturated rings. The summed E-state index contributed by atoms with van der Waals surface area (Å²) in [5.41, 5.74) is 1.64. The van der Waals surface area contributed by atoms with Crippen LogP contribution < -0.4 is 15.4 Å². The molecule has 4 N–H and O–H groups in total. The molecule has 0 aliphatic carbocycles. The minimum Gasteiger partial charge on any atom is -0.392 e. The Hall–Kier alpha value is -2.58. The summed E-state index contributed by atoms with van der Waals surface area (Å²) in [6.45, 7) is 3.35. The Labute approximate surface area is 147 Å². The van der Waals surface area contributed by atoms with Crippen LogP contribution in [0.2, 0.25) is 0 Å². The minimum absolute atomic E-state index is 0.0525. The van der Waals surface area contributed by atoms with Crippen molar-refractivity contribution in [2.75, 3.05) is 5.32 Å². The van der Waals surface area contributed by atoms with E-state index in [1.165, 1.54) is 6.07 Å². The number of nitrogens with one attached hydrogen (secondary N) is 3. The fraction of sp³-hybridized carbons (Fsp3) is 0.235. The second-order valence-corrected chi connectivity index (χ2v) is 7.36. The third-order valence-corrected chi connectivity index (χ3v) is 4.60. The number of carbonyl (C=O) groups excluding carboxylic acids is 1. The first-order valence-electron chi connectivity index (χ1n) is 7.71. The molecule has 8 heteroatoms. The van der Waals surface area contributed by atoms with E-state index in [9.17, 15) is 18.3 Å². The molecule has 0 aromatic heterocycles. The lowest BCUT2D eigenvalue weighted by Crippen LogP contribution is -2.42. The van der Waals surface area contributed by atoms with E-state index in [1.54, 1.807) is 56.3 Å². The van der Waals surface area contributed by atoms with Crippen LogP contribution in [0.15, 0.2) is 53.4 Å². The molecule has 0 radical (unpaired) electrons.